The largest absolute Gasteiger partial charge is 0.471 e. The molecule has 0 heterocycles. The Morgan fingerprint density at radius 3 is 1.90 bits per heavy atom. The Labute approximate surface area is 298 Å². The maximum Gasteiger partial charge on any atom is 0.471 e. The standard InChI is InChI=1S/C36H50F3N5O6S/c1-22(2)27(20-23(3)30(45)43-51(49,50)21-24-16-18-26(19-17-24)41-33(48)36(37,38)39)44(10)32(47)29(34(4,5)6)42-31(46)28(40-9)35(7,8)25-14-12-11-13-15-25/h11-20,22,27-29,40H,21H2,1-10H3,(H,41,48)(H,42,46)(H,43,45)/b23-20+/t27-,28-,29?/m1/s1. The second kappa shape index (κ2) is 16.9. The molecule has 2 aromatic carbocycles. The highest BCUT2D eigenvalue weighted by molar-refractivity contribution is 7.89. The molecule has 0 radical (unpaired) electrons. The van der Waals surface area contributed by atoms with Crippen molar-refractivity contribution < 1.29 is 40.8 Å². The average molecular weight is 738 g/mol. The van der Waals surface area contributed by atoms with Gasteiger partial charge in [0.2, 0.25) is 21.8 Å². The van der Waals surface area contributed by atoms with Crippen molar-refractivity contribution in [1.82, 2.24) is 20.3 Å². The molecule has 51 heavy (non-hydrogen) atoms. The molecule has 0 saturated heterocycles. The van der Waals surface area contributed by atoms with Gasteiger partial charge in [-0.2, -0.15) is 13.2 Å². The molecule has 282 valence electrons. The fraction of sp³-hybridized carbons (Fsp3) is 0.500. The Balaban J connectivity index is 2.23. The topological polar surface area (TPSA) is 154 Å². The number of hydrogen-bond acceptors (Lipinski definition) is 7. The van der Waals surface area contributed by atoms with Gasteiger partial charge in [0.25, 0.3) is 5.91 Å². The minimum absolute atomic E-state index is 0.0123. The lowest BCUT2D eigenvalue weighted by Gasteiger charge is -2.40. The van der Waals surface area contributed by atoms with Gasteiger partial charge < -0.3 is 20.9 Å². The average Bonchev–Trinajstić information content (AvgIpc) is 3.01. The van der Waals surface area contributed by atoms with Crippen molar-refractivity contribution >= 4 is 39.3 Å². The van der Waals surface area contributed by atoms with Crippen LogP contribution in [0.4, 0.5) is 18.9 Å². The van der Waals surface area contributed by atoms with E-state index in [-0.39, 0.29) is 28.6 Å². The lowest BCUT2D eigenvalue weighted by Crippen LogP contribution is -2.61. The van der Waals surface area contributed by atoms with Crippen LogP contribution in [0.2, 0.25) is 0 Å². The Hall–Kier alpha value is -4.24. The van der Waals surface area contributed by atoms with Crippen LogP contribution < -0.4 is 20.7 Å². The predicted octanol–water partition coefficient (Wildman–Crippen LogP) is 4.66. The van der Waals surface area contributed by atoms with Crippen LogP contribution in [-0.4, -0.2) is 75.3 Å². The first-order chi connectivity index (χ1) is 23.3. The van der Waals surface area contributed by atoms with Gasteiger partial charge in [0.05, 0.1) is 17.8 Å². The van der Waals surface area contributed by atoms with Gasteiger partial charge in [0.1, 0.15) is 6.04 Å². The summed E-state index contributed by atoms with van der Waals surface area (Å²) in [7, 11) is -1.02. The smallest absolute Gasteiger partial charge is 0.342 e. The van der Waals surface area contributed by atoms with E-state index in [0.717, 1.165) is 17.7 Å². The maximum atomic E-state index is 14.1. The predicted molar refractivity (Wildman–Crippen MR) is 191 cm³/mol. The van der Waals surface area contributed by atoms with Crippen LogP contribution in [0.25, 0.3) is 0 Å². The van der Waals surface area contributed by atoms with E-state index in [4.69, 9.17) is 0 Å². The summed E-state index contributed by atoms with van der Waals surface area (Å²) in [6, 6.07) is 11.9. The molecule has 0 aliphatic rings. The molecule has 3 atom stereocenters. The van der Waals surface area contributed by atoms with Crippen LogP contribution >= 0.6 is 0 Å². The first-order valence-electron chi connectivity index (χ1n) is 16.3. The van der Waals surface area contributed by atoms with E-state index in [9.17, 15) is 40.8 Å². The van der Waals surface area contributed by atoms with Crippen LogP contribution in [0, 0.1) is 11.3 Å². The number of anilines is 1. The number of carbonyl (C=O) groups excluding carboxylic acids is 4. The van der Waals surface area contributed by atoms with Crippen molar-refractivity contribution in [3.05, 3.63) is 77.4 Å². The zero-order valence-corrected chi connectivity index (χ0v) is 31.5. The molecule has 1 unspecified atom stereocenters. The van der Waals surface area contributed by atoms with Gasteiger partial charge in [0, 0.05) is 23.7 Å². The zero-order valence-electron chi connectivity index (χ0n) is 30.7. The van der Waals surface area contributed by atoms with Gasteiger partial charge in [-0.15, -0.1) is 0 Å². The van der Waals surface area contributed by atoms with E-state index in [1.807, 2.05) is 83.5 Å². The van der Waals surface area contributed by atoms with Crippen LogP contribution in [0.15, 0.2) is 66.2 Å². The van der Waals surface area contributed by atoms with Crippen molar-refractivity contribution in [2.75, 3.05) is 19.4 Å². The number of rotatable bonds is 14. The van der Waals surface area contributed by atoms with E-state index >= 15 is 0 Å². The molecule has 4 N–H and O–H groups in total. The SMILES string of the molecule is CN[C@H](C(=O)NC(C(=O)N(C)[C@H](/C=C(\C)C(=O)NS(=O)(=O)Cc1ccc(NC(=O)C(F)(F)F)cc1)C(C)C)C(C)(C)C)C(C)(C)c1ccccc1. The number of halogens is 3. The monoisotopic (exact) mass is 737 g/mol. The third-order valence-electron chi connectivity index (χ3n) is 8.52. The number of amides is 4. The summed E-state index contributed by atoms with van der Waals surface area (Å²) in [4.78, 5) is 53.5. The summed E-state index contributed by atoms with van der Waals surface area (Å²) in [5.41, 5.74) is -0.448. The number of nitrogens with one attached hydrogen (secondary N) is 4. The molecular formula is C36H50F3N5O6S. The molecule has 2 aromatic rings. The quantitative estimate of drug-likeness (QED) is 0.206. The zero-order chi connectivity index (χ0) is 39.1. The summed E-state index contributed by atoms with van der Waals surface area (Å²) < 4.78 is 65.2. The Morgan fingerprint density at radius 2 is 1.43 bits per heavy atom. The number of carbonyl (C=O) groups is 4. The van der Waals surface area contributed by atoms with E-state index in [1.54, 1.807) is 19.4 Å². The molecule has 11 nitrogen and oxygen atoms in total. The second-order valence-corrected chi connectivity index (χ2v) is 16.2. The van der Waals surface area contributed by atoms with Crippen molar-refractivity contribution in [1.29, 1.82) is 0 Å². The summed E-state index contributed by atoms with van der Waals surface area (Å²) in [5, 5.41) is 7.73. The first-order valence-corrected chi connectivity index (χ1v) is 18.0. The Kier molecular flexibility index (Phi) is 14.2. The first kappa shape index (κ1) is 42.9. The molecule has 0 aliphatic carbocycles. The highest BCUT2D eigenvalue weighted by Gasteiger charge is 2.42. The highest BCUT2D eigenvalue weighted by atomic mass is 32.2. The number of likely N-dealkylation sites (N-methyl/N-ethyl adjacent to an activating group) is 2. The molecule has 0 bridgehead atoms. The van der Waals surface area contributed by atoms with E-state index < -0.39 is 68.6 Å². The summed E-state index contributed by atoms with van der Waals surface area (Å²) in [6.45, 7) is 14.4. The van der Waals surface area contributed by atoms with Gasteiger partial charge in [-0.25, -0.2) is 13.1 Å². The maximum absolute atomic E-state index is 14.1. The number of hydrogen-bond donors (Lipinski definition) is 4. The number of benzene rings is 2. The van der Waals surface area contributed by atoms with Gasteiger partial charge in [-0.3, -0.25) is 19.2 Å². The minimum Gasteiger partial charge on any atom is -0.342 e. The molecular weight excluding hydrogens is 687 g/mol. The van der Waals surface area contributed by atoms with Crippen LogP contribution in [0.1, 0.15) is 66.5 Å². The third-order valence-corrected chi connectivity index (χ3v) is 9.73. The Morgan fingerprint density at radius 1 is 0.882 bits per heavy atom. The van der Waals surface area contributed by atoms with Gasteiger partial charge in [0.15, 0.2) is 0 Å². The van der Waals surface area contributed by atoms with Crippen molar-refractivity contribution in [2.24, 2.45) is 11.3 Å². The number of sulfonamides is 1. The minimum atomic E-state index is -5.09. The van der Waals surface area contributed by atoms with E-state index in [1.165, 1.54) is 30.0 Å². The molecule has 0 aliphatic heterocycles. The molecule has 0 fully saturated rings. The van der Waals surface area contributed by atoms with E-state index in [0.29, 0.717) is 0 Å². The molecule has 0 spiro atoms. The van der Waals surface area contributed by atoms with Gasteiger partial charge in [-0.05, 0) is 48.6 Å². The fourth-order valence-electron chi connectivity index (χ4n) is 5.53. The van der Waals surface area contributed by atoms with Gasteiger partial charge >= 0.3 is 12.1 Å². The highest BCUT2D eigenvalue weighted by Crippen LogP contribution is 2.29. The molecule has 0 saturated carbocycles. The third kappa shape index (κ3) is 11.9. The van der Waals surface area contributed by atoms with Crippen LogP contribution in [0.3, 0.4) is 0 Å². The second-order valence-electron chi connectivity index (χ2n) is 14.5. The summed E-state index contributed by atoms with van der Waals surface area (Å²) in [5.74, 6) is -4.79. The molecule has 15 heteroatoms. The molecule has 2 rings (SSSR count). The van der Waals surface area contributed by atoms with Crippen molar-refractivity contribution in [3.8, 4) is 0 Å². The summed E-state index contributed by atoms with van der Waals surface area (Å²) >= 11 is 0. The van der Waals surface area contributed by atoms with E-state index in [2.05, 4.69) is 10.6 Å². The summed E-state index contributed by atoms with van der Waals surface area (Å²) in [6.07, 6.45) is -3.60. The normalized spacial score (nSPS) is 14.7. The lowest BCUT2D eigenvalue weighted by atomic mass is 9.76. The van der Waals surface area contributed by atoms with Crippen LogP contribution in [0.5, 0.6) is 0 Å². The van der Waals surface area contributed by atoms with Crippen molar-refractivity contribution in [2.45, 2.75) is 90.9 Å². The lowest BCUT2D eigenvalue weighted by molar-refractivity contribution is -0.167. The Bertz CT molecular complexity index is 1690. The van der Waals surface area contributed by atoms with Crippen LogP contribution in [-0.2, 0) is 40.4 Å². The number of alkyl halides is 3. The fourth-order valence-corrected chi connectivity index (χ4v) is 6.67. The van der Waals surface area contributed by atoms with Crippen molar-refractivity contribution in [3.63, 3.8) is 0 Å². The van der Waals surface area contributed by atoms with Gasteiger partial charge in [-0.1, -0.05) is 97.0 Å². The number of nitrogens with zero attached hydrogens (tertiary/aromatic N) is 1. The molecule has 0 aromatic heterocycles. The molecule has 4 amide bonds.